The Morgan fingerprint density at radius 1 is 1.33 bits per heavy atom. The minimum atomic E-state index is -2.94. The smallest absolute Gasteiger partial charge is 0.176 e. The van der Waals surface area contributed by atoms with Crippen LogP contribution >= 0.6 is 0 Å². The van der Waals surface area contributed by atoms with Crippen molar-refractivity contribution in [3.05, 3.63) is 35.6 Å². The molecule has 0 bridgehead atoms. The minimum Gasteiger partial charge on any atom is -0.306 e. The SMILES string of the molecule is O=C(CNC1CCS(=O)(=O)C1)c1ccc(F)cc1. The van der Waals surface area contributed by atoms with E-state index in [1.165, 1.54) is 24.3 Å². The van der Waals surface area contributed by atoms with Crippen molar-refractivity contribution in [2.24, 2.45) is 0 Å². The quantitative estimate of drug-likeness (QED) is 0.822. The predicted octanol–water partition coefficient (Wildman–Crippen LogP) is 0.785. The van der Waals surface area contributed by atoms with Crippen molar-refractivity contribution >= 4 is 15.6 Å². The first-order valence-corrected chi connectivity index (χ1v) is 7.51. The van der Waals surface area contributed by atoms with Crippen LogP contribution in [0.4, 0.5) is 4.39 Å². The molecule has 98 valence electrons. The van der Waals surface area contributed by atoms with Crippen molar-refractivity contribution < 1.29 is 17.6 Å². The molecule has 1 fully saturated rings. The first kappa shape index (κ1) is 13.2. The fraction of sp³-hybridized carbons (Fsp3) is 0.417. The highest BCUT2D eigenvalue weighted by Gasteiger charge is 2.27. The van der Waals surface area contributed by atoms with E-state index in [1.54, 1.807) is 0 Å². The van der Waals surface area contributed by atoms with E-state index in [0.717, 1.165) is 0 Å². The zero-order valence-corrected chi connectivity index (χ0v) is 10.5. The summed E-state index contributed by atoms with van der Waals surface area (Å²) >= 11 is 0. The van der Waals surface area contributed by atoms with Crippen LogP contribution in [0.15, 0.2) is 24.3 Å². The van der Waals surface area contributed by atoms with E-state index in [1.807, 2.05) is 0 Å². The van der Waals surface area contributed by atoms with Crippen LogP contribution in [0, 0.1) is 5.82 Å². The number of halogens is 1. The van der Waals surface area contributed by atoms with Crippen LogP contribution in [0.3, 0.4) is 0 Å². The van der Waals surface area contributed by atoms with Crippen molar-refractivity contribution in [2.45, 2.75) is 12.5 Å². The van der Waals surface area contributed by atoms with Gasteiger partial charge < -0.3 is 5.32 Å². The van der Waals surface area contributed by atoms with E-state index in [2.05, 4.69) is 5.32 Å². The Morgan fingerprint density at radius 2 is 2.00 bits per heavy atom. The Hall–Kier alpha value is -1.27. The maximum atomic E-state index is 12.7. The van der Waals surface area contributed by atoms with Gasteiger partial charge in [-0.25, -0.2) is 12.8 Å². The summed E-state index contributed by atoms with van der Waals surface area (Å²) in [5.74, 6) is -0.292. The molecule has 1 N–H and O–H groups in total. The molecule has 0 amide bonds. The van der Waals surface area contributed by atoms with E-state index in [-0.39, 0.29) is 35.7 Å². The Kier molecular flexibility index (Phi) is 3.77. The van der Waals surface area contributed by atoms with Crippen LogP contribution < -0.4 is 5.32 Å². The summed E-state index contributed by atoms with van der Waals surface area (Å²) < 4.78 is 35.1. The van der Waals surface area contributed by atoms with Gasteiger partial charge >= 0.3 is 0 Å². The van der Waals surface area contributed by atoms with Crippen LogP contribution in [0.5, 0.6) is 0 Å². The van der Waals surface area contributed by atoms with E-state index in [0.29, 0.717) is 12.0 Å². The van der Waals surface area contributed by atoms with Gasteiger partial charge in [-0.05, 0) is 30.7 Å². The molecule has 0 aliphatic carbocycles. The van der Waals surface area contributed by atoms with Crippen molar-refractivity contribution in [3.8, 4) is 0 Å². The van der Waals surface area contributed by atoms with Gasteiger partial charge in [-0.2, -0.15) is 0 Å². The van der Waals surface area contributed by atoms with Gasteiger partial charge in [0, 0.05) is 11.6 Å². The first-order valence-electron chi connectivity index (χ1n) is 5.69. The lowest BCUT2D eigenvalue weighted by Crippen LogP contribution is -2.34. The van der Waals surface area contributed by atoms with Crippen LogP contribution in [0.1, 0.15) is 16.8 Å². The number of nitrogens with one attached hydrogen (secondary N) is 1. The number of ketones is 1. The molecule has 1 aliphatic rings. The summed E-state index contributed by atoms with van der Waals surface area (Å²) in [4.78, 5) is 11.7. The molecule has 0 aromatic heterocycles. The number of benzene rings is 1. The lowest BCUT2D eigenvalue weighted by molar-refractivity contribution is 0.0988. The van der Waals surface area contributed by atoms with Gasteiger partial charge in [0.25, 0.3) is 0 Å². The van der Waals surface area contributed by atoms with Crippen LogP contribution in [-0.4, -0.2) is 38.3 Å². The Balaban J connectivity index is 1.87. The van der Waals surface area contributed by atoms with Crippen molar-refractivity contribution in [1.82, 2.24) is 5.32 Å². The van der Waals surface area contributed by atoms with Crippen molar-refractivity contribution in [1.29, 1.82) is 0 Å². The van der Waals surface area contributed by atoms with E-state index in [4.69, 9.17) is 0 Å². The van der Waals surface area contributed by atoms with Crippen molar-refractivity contribution in [2.75, 3.05) is 18.1 Å². The second-order valence-corrected chi connectivity index (χ2v) is 6.64. The van der Waals surface area contributed by atoms with Crippen molar-refractivity contribution in [3.63, 3.8) is 0 Å². The first-order chi connectivity index (χ1) is 8.46. The fourth-order valence-corrected chi connectivity index (χ4v) is 3.64. The molecule has 0 spiro atoms. The van der Waals surface area contributed by atoms with Gasteiger partial charge in [-0.15, -0.1) is 0 Å². The topological polar surface area (TPSA) is 63.2 Å². The highest BCUT2D eigenvalue weighted by molar-refractivity contribution is 7.91. The molecule has 1 aliphatic heterocycles. The summed E-state index contributed by atoms with van der Waals surface area (Å²) in [6.07, 6.45) is 0.541. The van der Waals surface area contributed by atoms with E-state index < -0.39 is 9.84 Å². The lowest BCUT2D eigenvalue weighted by Gasteiger charge is -2.09. The summed E-state index contributed by atoms with van der Waals surface area (Å²) in [7, 11) is -2.94. The highest BCUT2D eigenvalue weighted by atomic mass is 32.2. The Labute approximate surface area is 105 Å². The summed E-state index contributed by atoms with van der Waals surface area (Å²) in [5, 5.41) is 2.93. The second kappa shape index (κ2) is 5.16. The fourth-order valence-electron chi connectivity index (χ4n) is 1.93. The molecule has 4 nitrogen and oxygen atoms in total. The molecule has 0 radical (unpaired) electrons. The van der Waals surface area contributed by atoms with Gasteiger partial charge in [0.05, 0.1) is 18.1 Å². The molecule has 1 unspecified atom stereocenters. The average Bonchev–Trinajstić information content (AvgIpc) is 2.67. The monoisotopic (exact) mass is 271 g/mol. The standard InChI is InChI=1S/C12H14FNO3S/c13-10-3-1-9(2-4-10)12(15)7-14-11-5-6-18(16,17)8-11/h1-4,11,14H,5-8H2. The van der Waals surface area contributed by atoms with Crippen LogP contribution in [0.2, 0.25) is 0 Å². The van der Waals surface area contributed by atoms with Crippen LogP contribution in [0.25, 0.3) is 0 Å². The number of sulfone groups is 1. The minimum absolute atomic E-state index is 0.0752. The van der Waals surface area contributed by atoms with Gasteiger partial charge in [-0.1, -0.05) is 0 Å². The number of Topliss-reactive ketones (excluding diaryl/α,β-unsaturated/α-hetero) is 1. The zero-order chi connectivity index (χ0) is 13.2. The molecule has 2 rings (SSSR count). The Morgan fingerprint density at radius 3 is 2.56 bits per heavy atom. The van der Waals surface area contributed by atoms with Gasteiger partial charge in [0.1, 0.15) is 5.82 Å². The highest BCUT2D eigenvalue weighted by Crippen LogP contribution is 2.11. The number of hydrogen-bond donors (Lipinski definition) is 1. The molecule has 1 saturated heterocycles. The molecule has 6 heteroatoms. The molecular weight excluding hydrogens is 257 g/mol. The average molecular weight is 271 g/mol. The molecule has 1 aromatic rings. The number of rotatable bonds is 4. The summed E-state index contributed by atoms with van der Waals surface area (Å²) in [6, 6.07) is 5.15. The van der Waals surface area contributed by atoms with Gasteiger partial charge in [0.2, 0.25) is 0 Å². The third-order valence-corrected chi connectivity index (χ3v) is 4.72. The molecule has 18 heavy (non-hydrogen) atoms. The predicted molar refractivity (Wildman–Crippen MR) is 65.8 cm³/mol. The maximum Gasteiger partial charge on any atom is 0.176 e. The molecular formula is C12H14FNO3S. The molecule has 1 aromatic carbocycles. The van der Waals surface area contributed by atoms with Gasteiger partial charge in [-0.3, -0.25) is 4.79 Å². The second-order valence-electron chi connectivity index (χ2n) is 4.41. The normalized spacial score (nSPS) is 21.9. The van der Waals surface area contributed by atoms with E-state index in [9.17, 15) is 17.6 Å². The number of carbonyl (C=O) groups is 1. The molecule has 0 saturated carbocycles. The number of hydrogen-bond acceptors (Lipinski definition) is 4. The lowest BCUT2D eigenvalue weighted by atomic mass is 10.1. The largest absolute Gasteiger partial charge is 0.306 e. The van der Waals surface area contributed by atoms with Crippen LogP contribution in [-0.2, 0) is 9.84 Å². The Bertz CT molecular complexity index is 539. The molecule has 1 atom stereocenters. The third kappa shape index (κ3) is 3.36. The van der Waals surface area contributed by atoms with E-state index >= 15 is 0 Å². The third-order valence-electron chi connectivity index (χ3n) is 2.95. The number of carbonyl (C=O) groups excluding carboxylic acids is 1. The molecule has 1 heterocycles. The zero-order valence-electron chi connectivity index (χ0n) is 9.73. The van der Waals surface area contributed by atoms with Gasteiger partial charge in [0.15, 0.2) is 15.6 Å². The summed E-state index contributed by atoms with van der Waals surface area (Å²) in [5.41, 5.74) is 0.421. The summed E-state index contributed by atoms with van der Waals surface area (Å²) in [6.45, 7) is 0.0752. The maximum absolute atomic E-state index is 12.7.